The van der Waals surface area contributed by atoms with Crippen LogP contribution in [0.5, 0.6) is 0 Å². The molecule has 122 valence electrons. The maximum Gasteiger partial charge on any atom is 0.132 e. The fourth-order valence-electron chi connectivity index (χ4n) is 1.39. The van der Waals surface area contributed by atoms with Gasteiger partial charge >= 0.3 is 0 Å². The quantitative estimate of drug-likeness (QED) is 0.847. The maximum atomic E-state index is 10.2. The number of hydrogen-bond acceptors (Lipinski definition) is 4. The number of rotatable bonds is 5. The second-order valence-corrected chi connectivity index (χ2v) is 4.49. The zero-order chi connectivity index (χ0) is 15.9. The first-order valence-electron chi connectivity index (χ1n) is 7.04. The van der Waals surface area contributed by atoms with E-state index < -0.39 is 0 Å². The minimum absolute atomic E-state index is 0. The summed E-state index contributed by atoms with van der Waals surface area (Å²) >= 11 is 0. The third-order valence-electron chi connectivity index (χ3n) is 3.02. The number of carbonyl (C=O) groups is 1. The highest BCUT2D eigenvalue weighted by Crippen LogP contribution is 2.19. The van der Waals surface area contributed by atoms with Gasteiger partial charge in [-0.15, -0.1) is 12.4 Å². The van der Waals surface area contributed by atoms with E-state index in [1.54, 1.807) is 0 Å². The van der Waals surface area contributed by atoms with Crippen molar-refractivity contribution in [3.8, 4) is 6.07 Å². The Balaban J connectivity index is -0.000000110. The Kier molecular flexibility index (Phi) is 25.4. The molecule has 0 aromatic carbocycles. The number of hydrogen-bond donors (Lipinski definition) is 1. The molecular weight excluding hydrogens is 274 g/mol. The average molecular weight is 308 g/mol. The Morgan fingerprint density at radius 3 is 1.40 bits per heavy atom. The molecule has 0 aliphatic rings. The van der Waals surface area contributed by atoms with E-state index in [-0.39, 0.29) is 17.9 Å². The van der Waals surface area contributed by atoms with E-state index in [9.17, 15) is 4.79 Å². The molecule has 0 aliphatic carbocycles. The lowest BCUT2D eigenvalue weighted by Gasteiger charge is -2.30. The van der Waals surface area contributed by atoms with Crippen LogP contribution in [0.1, 0.15) is 53.4 Å². The van der Waals surface area contributed by atoms with Gasteiger partial charge in [-0.25, -0.2) is 0 Å². The molecule has 5 heteroatoms. The lowest BCUT2D eigenvalue weighted by atomic mass is 9.94. The maximum absolute atomic E-state index is 10.2. The van der Waals surface area contributed by atoms with Crippen LogP contribution >= 0.6 is 12.4 Å². The molecule has 1 N–H and O–H groups in total. The molecule has 0 rings (SSSR count). The highest BCUT2D eigenvalue weighted by Gasteiger charge is 2.27. The topological polar surface area (TPSA) is 56.1 Å². The molecule has 0 unspecified atom stereocenters. The van der Waals surface area contributed by atoms with Crippen LogP contribution in [0.3, 0.4) is 0 Å². The minimum Gasteiger partial charge on any atom is -0.323 e. The van der Waals surface area contributed by atoms with E-state index in [2.05, 4.69) is 11.4 Å². The number of Topliss-reactive ketones (excluding diaryl/α,β-unsaturated/α-hetero) is 1. The lowest BCUT2D eigenvalue weighted by Crippen LogP contribution is -2.41. The second-order valence-electron chi connectivity index (χ2n) is 4.49. The first-order chi connectivity index (χ1) is 8.85. The number of nitriles is 1. The Morgan fingerprint density at radius 2 is 1.40 bits per heavy atom. The van der Waals surface area contributed by atoms with E-state index >= 15 is 0 Å². The predicted molar refractivity (Wildman–Crippen MR) is 90.4 cm³/mol. The lowest BCUT2D eigenvalue weighted by molar-refractivity contribution is -0.118. The molecule has 0 aromatic heterocycles. The van der Waals surface area contributed by atoms with E-state index in [4.69, 9.17) is 5.26 Å². The van der Waals surface area contributed by atoms with Gasteiger partial charge in [0, 0.05) is 12.8 Å². The summed E-state index contributed by atoms with van der Waals surface area (Å²) in [5.74, 6) is 0.343. The van der Waals surface area contributed by atoms with Crippen molar-refractivity contribution in [2.75, 3.05) is 28.2 Å². The smallest absolute Gasteiger partial charge is 0.132 e. The first kappa shape index (κ1) is 27.7. The largest absolute Gasteiger partial charge is 0.323 e. The third-order valence-corrected chi connectivity index (χ3v) is 3.02. The molecular formula is C15H34ClN3O. The van der Waals surface area contributed by atoms with Crippen LogP contribution < -0.4 is 5.32 Å². The molecule has 0 bridgehead atoms. The van der Waals surface area contributed by atoms with Crippen molar-refractivity contribution in [2.24, 2.45) is 0 Å². The summed E-state index contributed by atoms with van der Waals surface area (Å²) in [6.45, 7) is 7.86. The van der Waals surface area contributed by atoms with E-state index in [0.29, 0.717) is 18.6 Å². The van der Waals surface area contributed by atoms with Gasteiger partial charge in [-0.2, -0.15) is 5.26 Å². The van der Waals surface area contributed by atoms with Gasteiger partial charge in [0.1, 0.15) is 11.3 Å². The van der Waals surface area contributed by atoms with Crippen LogP contribution in [-0.4, -0.2) is 44.4 Å². The van der Waals surface area contributed by atoms with E-state index in [1.807, 2.05) is 60.8 Å². The summed E-state index contributed by atoms with van der Waals surface area (Å²) < 4.78 is 0. The molecule has 0 amide bonds. The van der Waals surface area contributed by atoms with Crippen molar-refractivity contribution in [2.45, 2.75) is 58.9 Å². The van der Waals surface area contributed by atoms with Gasteiger partial charge in [0.05, 0.1) is 6.07 Å². The van der Waals surface area contributed by atoms with Crippen molar-refractivity contribution in [1.82, 2.24) is 10.2 Å². The zero-order valence-corrected chi connectivity index (χ0v) is 15.4. The summed E-state index contributed by atoms with van der Waals surface area (Å²) in [7, 11) is 7.66. The molecule has 0 aromatic rings. The molecule has 0 aliphatic heterocycles. The number of carbonyl (C=O) groups excluding carboxylic acids is 1. The number of halogens is 1. The minimum atomic E-state index is -0.236. The Hall–Kier alpha value is -0.630. The van der Waals surface area contributed by atoms with E-state index in [1.165, 1.54) is 0 Å². The molecule has 20 heavy (non-hydrogen) atoms. The van der Waals surface area contributed by atoms with Gasteiger partial charge in [-0.3, -0.25) is 9.69 Å². The van der Waals surface area contributed by atoms with Gasteiger partial charge < -0.3 is 5.32 Å². The van der Waals surface area contributed by atoms with Crippen LogP contribution in [0.4, 0.5) is 0 Å². The van der Waals surface area contributed by atoms with Crippen molar-refractivity contribution in [3.63, 3.8) is 0 Å². The SMILES string of the molecule is CCC(=O)CC.CCC(C#N)(CC)N(C)C.CNC.Cl. The zero-order valence-electron chi connectivity index (χ0n) is 14.5. The standard InChI is InChI=1S/C8H16N2.C5H10O.C2H7N.ClH/c1-5-8(6-2,7-9)10(3)4;1-3-5(6)4-2;1-3-2;/h5-6H2,1-4H3;3-4H2,1-2H3;3H,1-2H3;1H. The van der Waals surface area contributed by atoms with Crippen molar-refractivity contribution in [3.05, 3.63) is 0 Å². The normalized spacial score (nSPS) is 9.20. The van der Waals surface area contributed by atoms with Crippen LogP contribution in [0.25, 0.3) is 0 Å². The fraction of sp³-hybridized carbons (Fsp3) is 0.867. The molecule has 0 spiro atoms. The van der Waals surface area contributed by atoms with Crippen LogP contribution in [0, 0.1) is 11.3 Å². The highest BCUT2D eigenvalue weighted by molar-refractivity contribution is 5.85. The van der Waals surface area contributed by atoms with E-state index in [0.717, 1.165) is 12.8 Å². The Labute approximate surface area is 132 Å². The molecule has 0 radical (unpaired) electrons. The first-order valence-corrected chi connectivity index (χ1v) is 7.04. The Morgan fingerprint density at radius 1 is 1.10 bits per heavy atom. The molecule has 0 atom stereocenters. The molecule has 0 fully saturated rings. The average Bonchev–Trinajstić information content (AvgIpc) is 2.41. The predicted octanol–water partition coefficient (Wildman–Crippen LogP) is 3.26. The van der Waals surface area contributed by atoms with Crippen molar-refractivity contribution < 1.29 is 4.79 Å². The van der Waals surface area contributed by atoms with Gasteiger partial charge in [0.15, 0.2) is 0 Å². The monoisotopic (exact) mass is 307 g/mol. The molecule has 0 saturated carbocycles. The van der Waals surface area contributed by atoms with Gasteiger partial charge in [0.25, 0.3) is 0 Å². The summed E-state index contributed by atoms with van der Waals surface area (Å²) in [6.07, 6.45) is 3.17. The fourth-order valence-corrected chi connectivity index (χ4v) is 1.39. The van der Waals surface area contributed by atoms with Gasteiger partial charge in [-0.05, 0) is 41.0 Å². The summed E-state index contributed by atoms with van der Waals surface area (Å²) in [4.78, 5) is 12.2. The van der Waals surface area contributed by atoms with Gasteiger partial charge in [-0.1, -0.05) is 27.7 Å². The second kappa shape index (κ2) is 18.4. The van der Waals surface area contributed by atoms with Gasteiger partial charge in [0.2, 0.25) is 0 Å². The van der Waals surface area contributed by atoms with Crippen LogP contribution in [0.2, 0.25) is 0 Å². The van der Waals surface area contributed by atoms with Crippen molar-refractivity contribution >= 4 is 18.2 Å². The number of nitrogens with zero attached hydrogens (tertiary/aromatic N) is 2. The van der Waals surface area contributed by atoms with Crippen LogP contribution in [-0.2, 0) is 4.79 Å². The highest BCUT2D eigenvalue weighted by atomic mass is 35.5. The number of ketones is 1. The summed E-state index contributed by atoms with van der Waals surface area (Å²) in [5, 5.41) is 11.6. The van der Waals surface area contributed by atoms with Crippen LogP contribution in [0.15, 0.2) is 0 Å². The summed E-state index contributed by atoms with van der Waals surface area (Å²) in [5.41, 5.74) is -0.236. The summed E-state index contributed by atoms with van der Waals surface area (Å²) in [6, 6.07) is 2.34. The van der Waals surface area contributed by atoms with Crippen molar-refractivity contribution in [1.29, 1.82) is 5.26 Å². The number of nitrogens with one attached hydrogen (secondary N) is 1. The third kappa shape index (κ3) is 13.8. The molecule has 0 saturated heterocycles. The Bertz CT molecular complexity index is 240. The molecule has 4 nitrogen and oxygen atoms in total. The molecule has 0 heterocycles.